The molecule has 6 nitrogen and oxygen atoms in total. The van der Waals surface area contributed by atoms with Crippen LogP contribution in [0.1, 0.15) is 30.2 Å². The molecule has 0 spiro atoms. The van der Waals surface area contributed by atoms with Crippen LogP contribution in [-0.4, -0.2) is 29.5 Å². The average Bonchev–Trinajstić information content (AvgIpc) is 3.22. The topological polar surface area (TPSA) is 80.5 Å². The molecule has 1 amide bonds. The van der Waals surface area contributed by atoms with Gasteiger partial charge in [0.05, 0.1) is 11.8 Å². The molecule has 3 heterocycles. The van der Waals surface area contributed by atoms with Crippen LogP contribution in [0.25, 0.3) is 0 Å². The van der Waals surface area contributed by atoms with E-state index in [4.69, 9.17) is 10.5 Å². The quantitative estimate of drug-likeness (QED) is 0.744. The van der Waals surface area contributed by atoms with Gasteiger partial charge in [0.1, 0.15) is 34.5 Å². The number of hydrogen-bond donors (Lipinski definition) is 2. The molecule has 0 saturated carbocycles. The Bertz CT molecular complexity index is 908. The molecule has 3 N–H and O–H groups in total. The number of carbonyl (C=O) groups excluding carboxylic acids is 1. The van der Waals surface area contributed by atoms with Gasteiger partial charge >= 0.3 is 0 Å². The zero-order valence-corrected chi connectivity index (χ0v) is 17.1. The van der Waals surface area contributed by atoms with E-state index in [-0.39, 0.29) is 17.4 Å². The van der Waals surface area contributed by atoms with E-state index in [9.17, 15) is 13.6 Å². The van der Waals surface area contributed by atoms with Gasteiger partial charge in [-0.15, -0.1) is 11.8 Å². The molecule has 2 atom stereocenters. The number of rotatable bonds is 5. The molecular formula is C19H20F2N4O2S2. The summed E-state index contributed by atoms with van der Waals surface area (Å²) in [5.74, 6) is -2.06. The van der Waals surface area contributed by atoms with Crippen LogP contribution in [0.5, 0.6) is 5.06 Å². The molecule has 29 heavy (non-hydrogen) atoms. The maximum Gasteiger partial charge on any atom is 0.265 e. The highest BCUT2D eigenvalue weighted by atomic mass is 32.2. The lowest BCUT2D eigenvalue weighted by Crippen LogP contribution is -2.31. The van der Waals surface area contributed by atoms with Gasteiger partial charge in [0, 0.05) is 16.9 Å². The normalized spacial score (nSPS) is 22.3. The molecule has 10 heteroatoms. The van der Waals surface area contributed by atoms with Gasteiger partial charge in [0.25, 0.3) is 5.91 Å². The second-order valence-corrected chi connectivity index (χ2v) is 8.50. The first-order valence-corrected chi connectivity index (χ1v) is 11.0. The smallest absolute Gasteiger partial charge is 0.265 e. The van der Waals surface area contributed by atoms with Crippen molar-refractivity contribution in [1.29, 1.82) is 0 Å². The van der Waals surface area contributed by atoms with E-state index in [1.165, 1.54) is 28.5 Å². The average molecular weight is 439 g/mol. The van der Waals surface area contributed by atoms with Crippen LogP contribution in [0.4, 0.5) is 14.5 Å². The molecule has 1 aromatic heterocycles. The molecule has 4 rings (SSSR count). The molecule has 154 valence electrons. The molecule has 0 bridgehead atoms. The first kappa shape index (κ1) is 20.1. The maximum atomic E-state index is 14.5. The van der Waals surface area contributed by atoms with Crippen LogP contribution >= 0.6 is 23.3 Å². The van der Waals surface area contributed by atoms with E-state index >= 15 is 0 Å². The van der Waals surface area contributed by atoms with Crippen LogP contribution in [0.15, 0.2) is 35.5 Å². The third kappa shape index (κ3) is 4.10. The summed E-state index contributed by atoms with van der Waals surface area (Å²) in [7, 11) is 0. The number of halogens is 2. The Balaban J connectivity index is 1.69. The molecular weight excluding hydrogens is 418 g/mol. The van der Waals surface area contributed by atoms with Crippen LogP contribution < -0.4 is 20.7 Å². The number of nitrogens with zero attached hydrogens (tertiary/aromatic N) is 2. The van der Waals surface area contributed by atoms with Gasteiger partial charge < -0.3 is 20.7 Å². The van der Waals surface area contributed by atoms with Crippen molar-refractivity contribution >= 4 is 34.9 Å². The second-order valence-electron chi connectivity index (χ2n) is 6.78. The Kier molecular flexibility index (Phi) is 6.02. The maximum absolute atomic E-state index is 14.5. The van der Waals surface area contributed by atoms with Crippen molar-refractivity contribution in [3.8, 4) is 5.06 Å². The van der Waals surface area contributed by atoms with Gasteiger partial charge in [0.2, 0.25) is 5.06 Å². The molecule has 1 fully saturated rings. The lowest BCUT2D eigenvalue weighted by Gasteiger charge is -2.28. The fourth-order valence-corrected chi connectivity index (χ4v) is 5.34. The molecule has 2 aromatic rings. The zero-order valence-electron chi connectivity index (χ0n) is 15.4. The van der Waals surface area contributed by atoms with E-state index in [0.29, 0.717) is 10.8 Å². The third-order valence-corrected chi connectivity index (χ3v) is 6.62. The van der Waals surface area contributed by atoms with E-state index in [0.717, 1.165) is 55.6 Å². The van der Waals surface area contributed by atoms with E-state index in [2.05, 4.69) is 9.69 Å². The molecule has 0 aliphatic carbocycles. The van der Waals surface area contributed by atoms with Crippen molar-refractivity contribution in [2.24, 2.45) is 5.73 Å². The SMILES string of the molecule is NC(=O)C1=CSC(c2c(F)cccc2F)N1c1cnsc1OC1CCCNCC1. The fourth-order valence-electron chi connectivity index (χ4n) is 3.47. The summed E-state index contributed by atoms with van der Waals surface area (Å²) in [4.78, 5) is 13.6. The molecule has 1 saturated heterocycles. The molecule has 2 aliphatic heterocycles. The number of ether oxygens (including phenoxy) is 1. The number of nitrogens with one attached hydrogen (secondary N) is 1. The Labute approximate surface area is 175 Å². The number of carbonyl (C=O) groups is 1. The minimum absolute atomic E-state index is 0.00381. The van der Waals surface area contributed by atoms with Gasteiger partial charge in [0.15, 0.2) is 0 Å². The van der Waals surface area contributed by atoms with E-state index < -0.39 is 22.9 Å². The summed E-state index contributed by atoms with van der Waals surface area (Å²) in [5.41, 5.74) is 6.04. The van der Waals surface area contributed by atoms with Crippen molar-refractivity contribution < 1.29 is 18.3 Å². The monoisotopic (exact) mass is 438 g/mol. The van der Waals surface area contributed by atoms with Crippen molar-refractivity contribution in [1.82, 2.24) is 9.69 Å². The summed E-state index contributed by atoms with van der Waals surface area (Å²) in [6, 6.07) is 3.70. The lowest BCUT2D eigenvalue weighted by molar-refractivity contribution is -0.114. The largest absolute Gasteiger partial charge is 0.478 e. The Morgan fingerprint density at radius 2 is 2.07 bits per heavy atom. The Morgan fingerprint density at radius 3 is 2.83 bits per heavy atom. The van der Waals surface area contributed by atoms with Crippen LogP contribution in [0.2, 0.25) is 0 Å². The van der Waals surface area contributed by atoms with Gasteiger partial charge in [-0.05, 0) is 44.5 Å². The van der Waals surface area contributed by atoms with Gasteiger partial charge in [-0.3, -0.25) is 4.79 Å². The summed E-state index contributed by atoms with van der Waals surface area (Å²) in [6.45, 7) is 1.80. The van der Waals surface area contributed by atoms with Gasteiger partial charge in [-0.25, -0.2) is 8.78 Å². The van der Waals surface area contributed by atoms with E-state index in [1.54, 1.807) is 6.20 Å². The number of primary amides is 1. The first-order chi connectivity index (χ1) is 14.1. The number of amides is 1. The summed E-state index contributed by atoms with van der Waals surface area (Å²) < 4.78 is 39.4. The minimum atomic E-state index is -0.826. The molecule has 2 unspecified atom stereocenters. The minimum Gasteiger partial charge on any atom is -0.478 e. The number of nitrogens with two attached hydrogens (primary N) is 1. The summed E-state index contributed by atoms with van der Waals surface area (Å²) in [5, 5.41) is 4.54. The first-order valence-electron chi connectivity index (χ1n) is 9.27. The number of thioether (sulfide) groups is 1. The highest BCUT2D eigenvalue weighted by molar-refractivity contribution is 8.02. The highest BCUT2D eigenvalue weighted by Crippen LogP contribution is 2.50. The third-order valence-electron chi connectivity index (χ3n) is 4.88. The van der Waals surface area contributed by atoms with Crippen molar-refractivity contribution in [2.45, 2.75) is 30.7 Å². The molecule has 0 radical (unpaired) electrons. The predicted octanol–water partition coefficient (Wildman–Crippen LogP) is 3.52. The molecule has 2 aliphatic rings. The Morgan fingerprint density at radius 1 is 1.28 bits per heavy atom. The highest BCUT2D eigenvalue weighted by Gasteiger charge is 2.38. The van der Waals surface area contributed by atoms with Crippen molar-refractivity contribution in [3.05, 3.63) is 52.7 Å². The van der Waals surface area contributed by atoms with Crippen molar-refractivity contribution in [3.63, 3.8) is 0 Å². The molecule has 1 aromatic carbocycles. The Hall–Kier alpha value is -2.17. The number of hydrogen-bond acceptors (Lipinski definition) is 7. The lowest BCUT2D eigenvalue weighted by atomic mass is 10.1. The summed E-state index contributed by atoms with van der Waals surface area (Å²) >= 11 is 2.26. The number of benzene rings is 1. The van der Waals surface area contributed by atoms with Gasteiger partial charge in [-0.1, -0.05) is 6.07 Å². The summed E-state index contributed by atoms with van der Waals surface area (Å²) in [6.07, 6.45) is 4.28. The van der Waals surface area contributed by atoms with Crippen LogP contribution in [0, 0.1) is 11.6 Å². The fraction of sp³-hybridized carbons (Fsp3) is 0.368. The van der Waals surface area contributed by atoms with E-state index in [1.807, 2.05) is 0 Å². The number of aromatic nitrogens is 1. The zero-order chi connectivity index (χ0) is 20.4. The predicted molar refractivity (Wildman–Crippen MR) is 110 cm³/mol. The van der Waals surface area contributed by atoms with Gasteiger partial charge in [-0.2, -0.15) is 4.37 Å². The van der Waals surface area contributed by atoms with Crippen LogP contribution in [0.3, 0.4) is 0 Å². The van der Waals surface area contributed by atoms with Crippen LogP contribution in [-0.2, 0) is 4.79 Å². The standard InChI is InChI=1S/C19H20F2N4O2S2/c20-12-4-1-5-13(21)16(12)18-25(15(10-28-18)17(22)26)14-9-24-29-19(14)27-11-3-2-7-23-8-6-11/h1,4-5,9-11,18,23H,2-3,6-8H2,(H2,22,26). The second kappa shape index (κ2) is 8.68. The van der Waals surface area contributed by atoms with Crippen molar-refractivity contribution in [2.75, 3.05) is 18.0 Å². The number of anilines is 1.